The number of nitrogens with zero attached hydrogens (tertiary/aromatic N) is 4. The van der Waals surface area contributed by atoms with Crippen molar-refractivity contribution in [3.05, 3.63) is 84.3 Å². The Kier molecular flexibility index (Phi) is 8.45. The number of allylic oxidation sites excluding steroid dienone is 4. The largest absolute Gasteiger partial charge is 0.322 e. The minimum atomic E-state index is -1.67. The summed E-state index contributed by atoms with van der Waals surface area (Å²) >= 11 is 13.1. The lowest BCUT2D eigenvalue weighted by atomic mass is 9.97. The van der Waals surface area contributed by atoms with Crippen LogP contribution in [0.3, 0.4) is 0 Å². The Labute approximate surface area is 236 Å². The van der Waals surface area contributed by atoms with Crippen LogP contribution in [0.5, 0.6) is 0 Å². The molecule has 4 rings (SSSR count). The molecular weight excluding hydrogens is 540 g/mol. The van der Waals surface area contributed by atoms with Gasteiger partial charge in [-0.15, -0.1) is 6.42 Å². The van der Waals surface area contributed by atoms with E-state index in [2.05, 4.69) is 16.2 Å². The Morgan fingerprint density at radius 3 is 2.56 bits per heavy atom. The predicted octanol–water partition coefficient (Wildman–Crippen LogP) is 5.01. The molecule has 1 saturated heterocycles. The number of aromatic nitrogens is 4. The zero-order valence-electron chi connectivity index (χ0n) is 22.3. The van der Waals surface area contributed by atoms with Crippen LogP contribution >= 0.6 is 23.2 Å². The molecule has 0 atom stereocenters. The summed E-state index contributed by atoms with van der Waals surface area (Å²) < 4.78 is 17.7. The molecule has 1 N–H and O–H groups in total. The van der Waals surface area contributed by atoms with Crippen LogP contribution in [0.2, 0.25) is 5.02 Å². The summed E-state index contributed by atoms with van der Waals surface area (Å²) in [6.45, 7) is 7.77. The third-order valence-electron chi connectivity index (χ3n) is 6.65. The molecule has 0 amide bonds. The molecule has 0 unspecified atom stereocenters. The topological polar surface area (TPSA) is 81.8 Å². The number of hydrogen-bond donors (Lipinski definition) is 1. The molecule has 3 aromatic rings. The number of alkyl halides is 1. The third kappa shape index (κ3) is 5.72. The number of halogens is 3. The Balaban J connectivity index is 2.10. The van der Waals surface area contributed by atoms with Gasteiger partial charge < -0.3 is 5.32 Å². The van der Waals surface area contributed by atoms with Crippen LogP contribution in [0.15, 0.2) is 51.2 Å². The van der Waals surface area contributed by atoms with E-state index in [1.807, 2.05) is 33.8 Å². The lowest BCUT2D eigenvalue weighted by Gasteiger charge is -2.35. The maximum atomic E-state index is 15.3. The normalized spacial score (nSPS) is 15.3. The van der Waals surface area contributed by atoms with E-state index in [0.29, 0.717) is 22.1 Å². The number of fused-ring (bicyclic) bond motifs is 1. The molecule has 0 aliphatic carbocycles. The first-order valence-corrected chi connectivity index (χ1v) is 13.4. The summed E-state index contributed by atoms with van der Waals surface area (Å²) in [4.78, 5) is 36.8. The Morgan fingerprint density at radius 1 is 1.26 bits per heavy atom. The van der Waals surface area contributed by atoms with Crippen molar-refractivity contribution in [1.29, 1.82) is 0 Å². The van der Waals surface area contributed by atoms with Gasteiger partial charge in [0.2, 0.25) is 0 Å². The van der Waals surface area contributed by atoms with Crippen molar-refractivity contribution in [3.8, 4) is 18.0 Å². The van der Waals surface area contributed by atoms with Gasteiger partial charge in [0.05, 0.1) is 34.2 Å². The molecule has 0 saturated carbocycles. The number of hydrogen-bond acceptors (Lipinski definition) is 5. The Hall–Kier alpha value is -3.25. The molecule has 0 radical (unpaired) electrons. The molecule has 0 spiro atoms. The molecule has 3 aromatic heterocycles. The van der Waals surface area contributed by atoms with Gasteiger partial charge in [-0.05, 0) is 41.7 Å². The number of nitrogens with one attached hydrogen (secondary N) is 1. The third-order valence-corrected chi connectivity index (χ3v) is 7.24. The fraction of sp³-hybridized carbons (Fsp3) is 0.379. The van der Waals surface area contributed by atoms with Gasteiger partial charge in [0, 0.05) is 30.7 Å². The summed E-state index contributed by atoms with van der Waals surface area (Å²) in [6.07, 6.45) is 11.8. The number of terminal acetylenes is 1. The lowest BCUT2D eigenvalue weighted by Crippen LogP contribution is -2.60. The highest BCUT2D eigenvalue weighted by Gasteiger charge is 2.38. The zero-order valence-corrected chi connectivity index (χ0v) is 23.8. The van der Waals surface area contributed by atoms with Crippen LogP contribution in [0, 0.1) is 12.3 Å². The van der Waals surface area contributed by atoms with Crippen molar-refractivity contribution in [2.24, 2.45) is 0 Å². The van der Waals surface area contributed by atoms with Gasteiger partial charge in [-0.3, -0.25) is 23.7 Å². The lowest BCUT2D eigenvalue weighted by molar-refractivity contribution is 0.0704. The Morgan fingerprint density at radius 2 is 1.97 bits per heavy atom. The van der Waals surface area contributed by atoms with Crippen LogP contribution in [0.25, 0.3) is 16.9 Å². The highest BCUT2D eigenvalue weighted by Crippen LogP contribution is 2.32. The smallest absolute Gasteiger partial charge is 0.310 e. The summed E-state index contributed by atoms with van der Waals surface area (Å²) in [6, 6.07) is 3.38. The van der Waals surface area contributed by atoms with E-state index in [1.165, 1.54) is 10.6 Å². The molecule has 10 heteroatoms. The molecule has 1 aliphatic rings. The second-order valence-corrected chi connectivity index (χ2v) is 11.2. The van der Waals surface area contributed by atoms with Gasteiger partial charge in [-0.2, -0.15) is 0 Å². The molecular formula is C29H30Cl2FN5O2. The van der Waals surface area contributed by atoms with Crippen LogP contribution in [0.4, 0.5) is 4.39 Å². The van der Waals surface area contributed by atoms with E-state index >= 15 is 4.39 Å². The van der Waals surface area contributed by atoms with Crippen molar-refractivity contribution in [2.75, 3.05) is 13.1 Å². The molecule has 1 fully saturated rings. The molecule has 0 bridgehead atoms. The number of rotatable bonds is 8. The first-order valence-electron chi connectivity index (χ1n) is 12.7. The average molecular weight is 570 g/mol. The predicted molar refractivity (Wildman–Crippen MR) is 155 cm³/mol. The van der Waals surface area contributed by atoms with Gasteiger partial charge in [-0.25, -0.2) is 9.37 Å². The van der Waals surface area contributed by atoms with Crippen LogP contribution in [0.1, 0.15) is 56.5 Å². The van der Waals surface area contributed by atoms with Gasteiger partial charge in [-0.1, -0.05) is 62.9 Å². The van der Waals surface area contributed by atoms with Gasteiger partial charge in [0.15, 0.2) is 11.3 Å². The standard InChI is InChI=1S/C29H30Cl2FN5O2/c1-6-7-8-9-19(30)12-22-21(31)13-23-26(35-22)37(25-20(17(2)3)10-11-34-24(25)18(4)5)28(39)27(38)36(23)16-29(32)14-33-15-29/h1,7-11,13,17-18,33H,12,14-16H2,2-5H3/b8-7-,19-9+. The number of pyridine rings is 2. The molecule has 204 valence electrons. The highest BCUT2D eigenvalue weighted by molar-refractivity contribution is 6.32. The monoisotopic (exact) mass is 569 g/mol. The van der Waals surface area contributed by atoms with Gasteiger partial charge in [0.25, 0.3) is 0 Å². The summed E-state index contributed by atoms with van der Waals surface area (Å²) in [7, 11) is 0. The van der Waals surface area contributed by atoms with Crippen LogP contribution in [-0.2, 0) is 13.0 Å². The van der Waals surface area contributed by atoms with E-state index in [-0.39, 0.29) is 54.1 Å². The van der Waals surface area contributed by atoms with Crippen molar-refractivity contribution < 1.29 is 4.39 Å². The minimum Gasteiger partial charge on any atom is -0.310 e. The highest BCUT2D eigenvalue weighted by atomic mass is 35.5. The first-order chi connectivity index (χ1) is 18.5. The maximum absolute atomic E-state index is 15.3. The zero-order chi connectivity index (χ0) is 28.5. The minimum absolute atomic E-state index is 0.00661. The van der Waals surface area contributed by atoms with E-state index in [1.54, 1.807) is 24.4 Å². The summed E-state index contributed by atoms with van der Waals surface area (Å²) in [5, 5.41) is 3.52. The molecule has 0 aromatic carbocycles. The van der Waals surface area contributed by atoms with Crippen molar-refractivity contribution in [1.82, 2.24) is 24.4 Å². The first kappa shape index (κ1) is 28.8. The van der Waals surface area contributed by atoms with Gasteiger partial charge >= 0.3 is 11.1 Å². The second-order valence-electron chi connectivity index (χ2n) is 10.3. The van der Waals surface area contributed by atoms with E-state index in [4.69, 9.17) is 34.6 Å². The average Bonchev–Trinajstić information content (AvgIpc) is 2.86. The quantitative estimate of drug-likeness (QED) is 0.234. The fourth-order valence-corrected chi connectivity index (χ4v) is 5.02. The molecule has 39 heavy (non-hydrogen) atoms. The van der Waals surface area contributed by atoms with Crippen molar-refractivity contribution in [3.63, 3.8) is 0 Å². The maximum Gasteiger partial charge on any atom is 0.322 e. The summed E-state index contributed by atoms with van der Waals surface area (Å²) in [5.74, 6) is 2.33. The van der Waals surface area contributed by atoms with Gasteiger partial charge in [0.1, 0.15) is 0 Å². The second kappa shape index (κ2) is 11.5. The van der Waals surface area contributed by atoms with E-state index in [0.717, 1.165) is 10.1 Å². The fourth-order valence-electron chi connectivity index (χ4n) is 4.61. The van der Waals surface area contributed by atoms with Crippen LogP contribution < -0.4 is 16.4 Å². The molecule has 7 nitrogen and oxygen atoms in total. The van der Waals surface area contributed by atoms with Crippen molar-refractivity contribution >= 4 is 34.4 Å². The van der Waals surface area contributed by atoms with E-state index < -0.39 is 16.8 Å². The van der Waals surface area contributed by atoms with Crippen LogP contribution in [-0.4, -0.2) is 37.9 Å². The van der Waals surface area contributed by atoms with Crippen molar-refractivity contribution in [2.45, 2.75) is 58.2 Å². The SMILES string of the molecule is C#C/C=C\C=C(\Cl)Cc1nc2c(cc1Cl)n(CC1(F)CNC1)c(=O)c(=O)n2-c1c(C(C)C)ccnc1C(C)C. The van der Waals surface area contributed by atoms with E-state index in [9.17, 15) is 9.59 Å². The molecule has 1 aliphatic heterocycles. The summed E-state index contributed by atoms with van der Waals surface area (Å²) in [5.41, 5.74) is -0.584. The molecule has 4 heterocycles. The Bertz CT molecular complexity index is 1620.